The van der Waals surface area contributed by atoms with Crippen molar-refractivity contribution in [2.24, 2.45) is 5.92 Å². The van der Waals surface area contributed by atoms with Crippen LogP contribution in [0.25, 0.3) is 0 Å². The van der Waals surface area contributed by atoms with Crippen molar-refractivity contribution >= 4 is 12.0 Å². The molecule has 1 N–H and O–H groups in total. The normalized spacial score (nSPS) is 24.9. The molecule has 0 aromatic rings. The summed E-state index contributed by atoms with van der Waals surface area (Å²) >= 11 is 0. The lowest BCUT2D eigenvalue weighted by atomic mass is 10.1. The molecular formula is C6H11NO3. The SMILES string of the molecule is CC(C)C1OC(=O)NC1=O.[HH]. The Morgan fingerprint density at radius 2 is 2.20 bits per heavy atom. The molecule has 2 amide bonds. The summed E-state index contributed by atoms with van der Waals surface area (Å²) in [5, 5.41) is 2.05. The zero-order chi connectivity index (χ0) is 7.72. The predicted octanol–water partition coefficient (Wildman–Crippen LogP) is 0.523. The standard InChI is InChI=1S/C6H9NO3.H2/c1-3(2)4-5(8)7-6(9)10-4;/h3-4H,1-2H3,(H,7,8,9);1H. The van der Waals surface area contributed by atoms with Gasteiger partial charge in [0.15, 0.2) is 6.10 Å². The van der Waals surface area contributed by atoms with E-state index in [1.165, 1.54) is 0 Å². The molecule has 58 valence electrons. The van der Waals surface area contributed by atoms with Crippen molar-refractivity contribution in [3.05, 3.63) is 0 Å². The topological polar surface area (TPSA) is 55.4 Å². The molecule has 1 rings (SSSR count). The van der Waals surface area contributed by atoms with Crippen LogP contribution in [0.4, 0.5) is 4.79 Å². The number of carbonyl (C=O) groups excluding carboxylic acids is 2. The highest BCUT2D eigenvalue weighted by molar-refractivity contribution is 6.00. The molecule has 1 aliphatic rings. The highest BCUT2D eigenvalue weighted by atomic mass is 16.6. The minimum atomic E-state index is -0.635. The molecule has 1 unspecified atom stereocenters. The van der Waals surface area contributed by atoms with Crippen LogP contribution in [-0.2, 0) is 9.53 Å². The Morgan fingerprint density at radius 3 is 2.40 bits per heavy atom. The maximum absolute atomic E-state index is 10.8. The Morgan fingerprint density at radius 1 is 1.60 bits per heavy atom. The predicted molar refractivity (Wildman–Crippen MR) is 35.4 cm³/mol. The van der Waals surface area contributed by atoms with Crippen molar-refractivity contribution < 1.29 is 15.8 Å². The summed E-state index contributed by atoms with van der Waals surface area (Å²) < 4.78 is 4.64. The number of imide groups is 1. The fourth-order valence-electron chi connectivity index (χ4n) is 0.809. The molecule has 0 spiro atoms. The minimum Gasteiger partial charge on any atom is -0.436 e. The van der Waals surface area contributed by atoms with Gasteiger partial charge in [-0.05, 0) is 5.92 Å². The monoisotopic (exact) mass is 145 g/mol. The number of carbonyl (C=O) groups is 2. The maximum Gasteiger partial charge on any atom is 0.414 e. The van der Waals surface area contributed by atoms with Crippen LogP contribution in [0.2, 0.25) is 0 Å². The second-order valence-corrected chi connectivity index (χ2v) is 2.56. The molecule has 0 aromatic heterocycles. The van der Waals surface area contributed by atoms with Crippen molar-refractivity contribution in [2.75, 3.05) is 0 Å². The van der Waals surface area contributed by atoms with Crippen LogP contribution in [0.1, 0.15) is 15.3 Å². The van der Waals surface area contributed by atoms with E-state index in [1.807, 2.05) is 19.2 Å². The fourth-order valence-corrected chi connectivity index (χ4v) is 0.809. The van der Waals surface area contributed by atoms with Crippen LogP contribution >= 0.6 is 0 Å². The summed E-state index contributed by atoms with van der Waals surface area (Å²) in [5.74, 6) is -0.286. The summed E-state index contributed by atoms with van der Waals surface area (Å²) in [6.07, 6.45) is -1.23. The number of rotatable bonds is 1. The molecule has 1 heterocycles. The van der Waals surface area contributed by atoms with E-state index >= 15 is 0 Å². The molecule has 0 saturated carbocycles. The third kappa shape index (κ3) is 1.10. The number of alkyl carbamates (subject to hydrolysis) is 1. The van der Waals surface area contributed by atoms with Crippen molar-refractivity contribution in [1.29, 1.82) is 0 Å². The van der Waals surface area contributed by atoms with Gasteiger partial charge in [0, 0.05) is 1.43 Å². The Kier molecular flexibility index (Phi) is 1.61. The molecular weight excluding hydrogens is 134 g/mol. The van der Waals surface area contributed by atoms with Gasteiger partial charge >= 0.3 is 6.09 Å². The average molecular weight is 145 g/mol. The summed E-state index contributed by atoms with van der Waals surface area (Å²) in [6.45, 7) is 3.64. The van der Waals surface area contributed by atoms with Crippen molar-refractivity contribution in [3.63, 3.8) is 0 Å². The van der Waals surface area contributed by atoms with Gasteiger partial charge in [-0.3, -0.25) is 10.1 Å². The highest BCUT2D eigenvalue weighted by Gasteiger charge is 2.34. The van der Waals surface area contributed by atoms with Crippen LogP contribution in [-0.4, -0.2) is 18.1 Å². The largest absolute Gasteiger partial charge is 0.436 e. The lowest BCUT2D eigenvalue weighted by molar-refractivity contribution is -0.124. The van der Waals surface area contributed by atoms with E-state index < -0.39 is 12.2 Å². The van der Waals surface area contributed by atoms with Gasteiger partial charge in [-0.2, -0.15) is 0 Å². The molecule has 1 fully saturated rings. The van der Waals surface area contributed by atoms with E-state index in [0.717, 1.165) is 0 Å². The number of ether oxygens (including phenoxy) is 1. The molecule has 0 radical (unpaired) electrons. The number of nitrogens with one attached hydrogen (secondary N) is 1. The fraction of sp³-hybridized carbons (Fsp3) is 0.667. The van der Waals surface area contributed by atoms with Crippen LogP contribution in [0.5, 0.6) is 0 Å². The average Bonchev–Trinajstić information content (AvgIpc) is 2.10. The Labute approximate surface area is 60.0 Å². The summed E-state index contributed by atoms with van der Waals surface area (Å²) in [6, 6.07) is 0. The Balaban J connectivity index is 0.000001000. The van der Waals surface area contributed by atoms with Crippen molar-refractivity contribution in [3.8, 4) is 0 Å². The molecule has 10 heavy (non-hydrogen) atoms. The first-order valence-corrected chi connectivity index (χ1v) is 3.12. The third-order valence-electron chi connectivity index (χ3n) is 1.32. The number of amides is 2. The first-order valence-electron chi connectivity index (χ1n) is 3.12. The van der Waals surface area contributed by atoms with E-state index in [0.29, 0.717) is 0 Å². The van der Waals surface area contributed by atoms with Crippen LogP contribution in [0.3, 0.4) is 0 Å². The number of hydrogen-bond donors (Lipinski definition) is 1. The molecule has 4 heteroatoms. The van der Waals surface area contributed by atoms with Crippen LogP contribution in [0, 0.1) is 5.92 Å². The van der Waals surface area contributed by atoms with Crippen LogP contribution in [0.15, 0.2) is 0 Å². The maximum atomic E-state index is 10.8. The summed E-state index contributed by atoms with van der Waals surface area (Å²) in [5.41, 5.74) is 0. The van der Waals surface area contributed by atoms with Gasteiger partial charge in [-0.1, -0.05) is 13.8 Å². The van der Waals surface area contributed by atoms with Gasteiger partial charge in [-0.15, -0.1) is 0 Å². The lowest BCUT2D eigenvalue weighted by Gasteiger charge is -2.08. The van der Waals surface area contributed by atoms with Crippen LogP contribution < -0.4 is 5.32 Å². The van der Waals surface area contributed by atoms with Gasteiger partial charge in [-0.25, -0.2) is 4.79 Å². The van der Waals surface area contributed by atoms with E-state index in [1.54, 1.807) is 0 Å². The zero-order valence-electron chi connectivity index (χ0n) is 5.88. The summed E-state index contributed by atoms with van der Waals surface area (Å²) in [7, 11) is 0. The van der Waals surface area contributed by atoms with Gasteiger partial charge in [0.2, 0.25) is 0 Å². The van der Waals surface area contributed by atoms with Gasteiger partial charge in [0.25, 0.3) is 5.91 Å². The van der Waals surface area contributed by atoms with E-state index in [4.69, 9.17) is 0 Å². The number of cyclic esters (lactones) is 1. The first kappa shape index (κ1) is 7.05. The first-order chi connectivity index (χ1) is 4.61. The molecule has 1 aliphatic heterocycles. The Bertz CT molecular complexity index is 181. The molecule has 0 aromatic carbocycles. The smallest absolute Gasteiger partial charge is 0.414 e. The molecule has 4 nitrogen and oxygen atoms in total. The Hall–Kier alpha value is -1.06. The molecule has 0 bridgehead atoms. The van der Waals surface area contributed by atoms with Crippen molar-refractivity contribution in [2.45, 2.75) is 20.0 Å². The molecule has 1 saturated heterocycles. The minimum absolute atomic E-state index is 0. The quantitative estimate of drug-likeness (QED) is 0.585. The van der Waals surface area contributed by atoms with E-state index in [2.05, 4.69) is 4.74 Å². The molecule has 0 aliphatic carbocycles. The van der Waals surface area contributed by atoms with Gasteiger partial charge < -0.3 is 4.74 Å². The second-order valence-electron chi connectivity index (χ2n) is 2.56. The summed E-state index contributed by atoms with van der Waals surface area (Å²) in [4.78, 5) is 21.2. The highest BCUT2D eigenvalue weighted by Crippen LogP contribution is 2.11. The molecule has 1 atom stereocenters. The van der Waals surface area contributed by atoms with Crippen molar-refractivity contribution in [1.82, 2.24) is 5.32 Å². The second kappa shape index (κ2) is 2.28. The number of hydrogen-bond acceptors (Lipinski definition) is 3. The van der Waals surface area contributed by atoms with Gasteiger partial charge in [0.05, 0.1) is 0 Å². The lowest BCUT2D eigenvalue weighted by Crippen LogP contribution is -2.27. The van der Waals surface area contributed by atoms with E-state index in [-0.39, 0.29) is 13.3 Å². The zero-order valence-corrected chi connectivity index (χ0v) is 5.88. The van der Waals surface area contributed by atoms with Gasteiger partial charge in [0.1, 0.15) is 0 Å². The third-order valence-corrected chi connectivity index (χ3v) is 1.32. The van der Waals surface area contributed by atoms with E-state index in [9.17, 15) is 9.59 Å².